The van der Waals surface area contributed by atoms with Gasteiger partial charge in [-0.25, -0.2) is 0 Å². The summed E-state index contributed by atoms with van der Waals surface area (Å²) in [7, 11) is 0. The maximum Gasteiger partial charge on any atom is 1.00 e. The summed E-state index contributed by atoms with van der Waals surface area (Å²) in [6.45, 7) is 11.0. The Balaban J connectivity index is 0.00000361. The molecule has 0 aromatic heterocycles. The molecule has 0 aliphatic heterocycles. The minimum atomic E-state index is -0.724. The van der Waals surface area contributed by atoms with Crippen LogP contribution >= 0.6 is 0 Å². The van der Waals surface area contributed by atoms with Crippen LogP contribution in [0.25, 0.3) is 0 Å². The molecule has 0 radical (unpaired) electrons. The molecule has 0 atom stereocenters. The molecule has 0 aliphatic rings. The molecule has 4 nitrogen and oxygen atoms in total. The van der Waals surface area contributed by atoms with E-state index in [4.69, 9.17) is 17.2 Å². The Hall–Kier alpha value is -0.503. The van der Waals surface area contributed by atoms with Gasteiger partial charge in [0.25, 0.3) is 0 Å². The van der Waals surface area contributed by atoms with Gasteiger partial charge >= 0.3 is 18.9 Å². The van der Waals surface area contributed by atoms with E-state index in [2.05, 4.69) is 0 Å². The third kappa shape index (κ3) is 4.24. The van der Waals surface area contributed by atoms with Gasteiger partial charge in [-0.2, -0.15) is 0 Å². The van der Waals surface area contributed by atoms with E-state index < -0.39 is 16.6 Å². The van der Waals surface area contributed by atoms with Crippen molar-refractivity contribution in [3.8, 4) is 5.75 Å². The molecule has 1 aromatic carbocycles. The van der Waals surface area contributed by atoms with Crippen molar-refractivity contribution in [1.82, 2.24) is 0 Å². The van der Waals surface area contributed by atoms with Crippen LogP contribution in [-0.4, -0.2) is 0 Å². The Morgan fingerprint density at radius 1 is 0.750 bits per heavy atom. The van der Waals surface area contributed by atoms with Gasteiger partial charge in [0.1, 0.15) is 0 Å². The summed E-state index contributed by atoms with van der Waals surface area (Å²) < 4.78 is 0. The number of hydrogen-bond donors (Lipinski definition) is 3. The molecule has 1 aromatic rings. The second-order valence-corrected chi connectivity index (χ2v) is 7.07. The number of rotatable bonds is 3. The van der Waals surface area contributed by atoms with Gasteiger partial charge in [-0.15, -0.1) is 0 Å². The Bertz CT molecular complexity index is 444. The number of hydrogen-bond acceptors (Lipinski definition) is 4. The summed E-state index contributed by atoms with van der Waals surface area (Å²) in [5.74, 6) is -0.0898. The van der Waals surface area contributed by atoms with E-state index in [9.17, 15) is 5.11 Å². The van der Waals surface area contributed by atoms with Crippen molar-refractivity contribution in [3.63, 3.8) is 0 Å². The van der Waals surface area contributed by atoms with E-state index in [-0.39, 0.29) is 24.6 Å². The van der Waals surface area contributed by atoms with E-state index in [0.29, 0.717) is 11.1 Å². The monoisotopic (exact) mass is 271 g/mol. The van der Waals surface area contributed by atoms with Crippen molar-refractivity contribution in [2.24, 2.45) is 17.2 Å². The maximum absolute atomic E-state index is 12.5. The Morgan fingerprint density at radius 3 is 1.25 bits per heavy atom. The molecule has 20 heavy (non-hydrogen) atoms. The SMILES string of the molecule is CC(C)(N)c1cc(C(C)(C)N)c([O-])c(C(C)(C)N)c1.[Li+]. The Labute approximate surface area is 134 Å². The van der Waals surface area contributed by atoms with Crippen LogP contribution in [0.3, 0.4) is 0 Å². The van der Waals surface area contributed by atoms with Gasteiger partial charge in [-0.05, 0) is 58.2 Å². The van der Waals surface area contributed by atoms with Crippen molar-refractivity contribution in [2.45, 2.75) is 58.2 Å². The summed E-state index contributed by atoms with van der Waals surface area (Å²) >= 11 is 0. The van der Waals surface area contributed by atoms with E-state index in [1.165, 1.54) is 0 Å². The molecule has 108 valence electrons. The molecule has 5 heteroatoms. The first kappa shape index (κ1) is 19.5. The predicted octanol–water partition coefficient (Wildman–Crippen LogP) is -1.65. The topological polar surface area (TPSA) is 101 Å². The summed E-state index contributed by atoms with van der Waals surface area (Å²) in [5.41, 5.74) is 18.3. The quantitative estimate of drug-likeness (QED) is 0.573. The van der Waals surface area contributed by atoms with Crippen LogP contribution in [0.4, 0.5) is 0 Å². The van der Waals surface area contributed by atoms with Crippen LogP contribution in [0.15, 0.2) is 12.1 Å². The van der Waals surface area contributed by atoms with Crippen LogP contribution in [0.2, 0.25) is 0 Å². The summed E-state index contributed by atoms with van der Waals surface area (Å²) in [6, 6.07) is 3.61. The average Bonchev–Trinajstić information content (AvgIpc) is 2.11. The fraction of sp³-hybridized carbons (Fsp3) is 0.600. The molecule has 0 heterocycles. The van der Waals surface area contributed by atoms with Gasteiger partial charge in [-0.1, -0.05) is 17.9 Å². The van der Waals surface area contributed by atoms with E-state index in [1.54, 1.807) is 12.1 Å². The van der Waals surface area contributed by atoms with E-state index in [0.717, 1.165) is 5.56 Å². The van der Waals surface area contributed by atoms with Gasteiger partial charge in [0.2, 0.25) is 0 Å². The summed E-state index contributed by atoms with van der Waals surface area (Å²) in [6.07, 6.45) is 0. The molecule has 0 aliphatic carbocycles. The van der Waals surface area contributed by atoms with Crippen LogP contribution in [0.1, 0.15) is 58.2 Å². The maximum atomic E-state index is 12.5. The molecule has 0 saturated carbocycles. The minimum Gasteiger partial charge on any atom is -0.872 e. The Morgan fingerprint density at radius 2 is 1.05 bits per heavy atom. The van der Waals surface area contributed by atoms with E-state index in [1.807, 2.05) is 41.5 Å². The average molecular weight is 271 g/mol. The molecule has 1 rings (SSSR count). The fourth-order valence-corrected chi connectivity index (χ4v) is 1.96. The second kappa shape index (κ2) is 5.71. The van der Waals surface area contributed by atoms with Crippen molar-refractivity contribution >= 4 is 0 Å². The minimum absolute atomic E-state index is 0. The molecule has 0 spiro atoms. The number of benzene rings is 1. The smallest absolute Gasteiger partial charge is 0.872 e. The molecule has 0 unspecified atom stereocenters. The molecule has 0 bridgehead atoms. The van der Waals surface area contributed by atoms with Crippen molar-refractivity contribution in [1.29, 1.82) is 0 Å². The van der Waals surface area contributed by atoms with Gasteiger partial charge in [-0.3, -0.25) is 0 Å². The van der Waals surface area contributed by atoms with Crippen LogP contribution in [0, 0.1) is 0 Å². The molecule has 0 fully saturated rings. The standard InChI is InChI=1S/C15H27N3O.Li/c1-13(2,16)9-7-10(14(3,4)17)12(19)11(8-9)15(5,6)18;/h7-8,19H,16-18H2,1-6H3;/q;+1/p-1. The van der Waals surface area contributed by atoms with Gasteiger partial charge in [0.05, 0.1) is 0 Å². The van der Waals surface area contributed by atoms with Crippen molar-refractivity contribution in [2.75, 3.05) is 0 Å². The third-order valence-electron chi connectivity index (χ3n) is 3.22. The first-order chi connectivity index (χ1) is 8.24. The number of nitrogens with two attached hydrogens (primary N) is 3. The van der Waals surface area contributed by atoms with Crippen LogP contribution in [0.5, 0.6) is 5.75 Å². The zero-order valence-electron chi connectivity index (χ0n) is 13.8. The molecule has 0 saturated heterocycles. The Kier molecular flexibility index (Phi) is 5.56. The van der Waals surface area contributed by atoms with Crippen LogP contribution in [-0.2, 0) is 16.6 Å². The van der Waals surface area contributed by atoms with E-state index >= 15 is 0 Å². The predicted molar refractivity (Wildman–Crippen MR) is 77.5 cm³/mol. The van der Waals surface area contributed by atoms with Gasteiger partial charge in [0, 0.05) is 16.6 Å². The fourth-order valence-electron chi connectivity index (χ4n) is 1.96. The molecular formula is C15H26LiN3O. The molecule has 0 amide bonds. The van der Waals surface area contributed by atoms with Gasteiger partial charge < -0.3 is 22.3 Å². The molecular weight excluding hydrogens is 245 g/mol. The van der Waals surface area contributed by atoms with Crippen LogP contribution < -0.4 is 41.2 Å². The largest absolute Gasteiger partial charge is 1.00 e. The second-order valence-electron chi connectivity index (χ2n) is 7.07. The first-order valence-corrected chi connectivity index (χ1v) is 6.47. The zero-order valence-corrected chi connectivity index (χ0v) is 13.8. The first-order valence-electron chi connectivity index (χ1n) is 6.47. The van der Waals surface area contributed by atoms with Crippen molar-refractivity contribution in [3.05, 3.63) is 28.8 Å². The normalized spacial score (nSPS) is 13.1. The summed E-state index contributed by atoms with van der Waals surface area (Å²) in [5, 5.41) is 12.5. The third-order valence-corrected chi connectivity index (χ3v) is 3.22. The zero-order chi connectivity index (χ0) is 15.2. The molecule has 6 N–H and O–H groups in total. The van der Waals surface area contributed by atoms with Crippen molar-refractivity contribution < 1.29 is 24.0 Å². The van der Waals surface area contributed by atoms with Gasteiger partial charge in [0.15, 0.2) is 0 Å². The summed E-state index contributed by atoms with van der Waals surface area (Å²) in [4.78, 5) is 0.